The van der Waals surface area contributed by atoms with Crippen LogP contribution >= 0.6 is 23.2 Å². The second kappa shape index (κ2) is 36.5. The predicted octanol–water partition coefficient (Wildman–Crippen LogP) is 6.88. The minimum Gasteiger partial charge on any atom is -1.00 e. The number of imidazole rings is 2. The number of hydrogen-bond donors (Lipinski definition) is 2. The Balaban J connectivity index is 0.000000241. The first-order chi connectivity index (χ1) is 42.8. The van der Waals surface area contributed by atoms with Crippen LogP contribution in [0.25, 0.3) is 43.4 Å². The third-order valence-electron chi connectivity index (χ3n) is 17.9. The van der Waals surface area contributed by atoms with Crippen LogP contribution < -0.4 is 177 Å². The normalized spacial score (nSPS) is 18.1. The molecule has 0 amide bonds. The number of nitrogens with one attached hydrogen (secondary N) is 1. The average molecular weight is 1530 g/mol. The van der Waals surface area contributed by atoms with Gasteiger partial charge < -0.3 is 22.5 Å². The van der Waals surface area contributed by atoms with Crippen LogP contribution in [0.1, 0.15) is 142 Å². The van der Waals surface area contributed by atoms with E-state index in [1.165, 1.54) is 49.0 Å². The number of aliphatic hydroxyl groups is 1. The zero-order chi connectivity index (χ0) is 61.2. The smallest absolute Gasteiger partial charge is 1.00 e. The number of nitrogens with zero attached hydrogens (tertiary/aromatic N) is 5. The standard InChI is InChI=1S/C24H23ClN2O.C24H21ClN2O.C23H24N2O2S.CH2O3.B.2Cs.Na.2H/c2*25-19-12-20-14-26-15-27(20)23(13-19)24(28)18-10-8-17(9-11-18)22-7-3-5-16-4-1-2-6-21(16)22;1-17-9-15-21(16-10-17)28(26,27)25-24-20-13-11-19(12-14-20)23-8-4-6-18-5-2-3-7-22(18)23;2-1-4-3;;;;;;/h1-7,12-15,17-18,24,28H,8-11H2;1-7,12-15,17-18H,8-11H2;2-10,15-16,19,25H,11-14H2,1H3;1,3H;;;;;;/q;;;;;3*+1;2*-1/p-1. The molecule has 20 heteroatoms. The molecular formula is C72H71BCl2Cs2N6NaO7S. The van der Waals surface area contributed by atoms with Crippen LogP contribution in [0, 0.1) is 18.8 Å². The number of carbonyl (C=O) groups is 2. The Morgan fingerprint density at radius 3 is 1.54 bits per heavy atom. The van der Waals surface area contributed by atoms with E-state index in [-0.39, 0.29) is 208 Å². The fourth-order valence-electron chi connectivity index (χ4n) is 13.4. The molecule has 3 saturated carbocycles. The van der Waals surface area contributed by atoms with Crippen molar-refractivity contribution in [2.24, 2.45) is 16.9 Å². The minimum atomic E-state index is -3.61. The number of pyridine rings is 2. The summed E-state index contributed by atoms with van der Waals surface area (Å²) in [6, 6.07) is 59.5. The van der Waals surface area contributed by atoms with Crippen molar-refractivity contribution in [2.75, 3.05) is 0 Å². The molecule has 92 heavy (non-hydrogen) atoms. The fraction of sp³-hybridized carbons (Fsp3) is 0.264. The Bertz CT molecular complexity index is 4400. The molecule has 3 aliphatic carbocycles. The number of aromatic nitrogens is 4. The Labute approximate surface area is 693 Å². The summed E-state index contributed by atoms with van der Waals surface area (Å²) in [6.07, 6.45) is 18.2. The fourth-order valence-corrected chi connectivity index (χ4v) is 14.7. The number of Topliss-reactive ketones (excluding diaryl/α,β-unsaturated/α-hetero) is 1. The van der Waals surface area contributed by atoms with Crippen LogP contribution in [0.3, 0.4) is 0 Å². The van der Waals surface area contributed by atoms with Crippen molar-refractivity contribution >= 4 is 103 Å². The molecule has 11 aromatic rings. The third-order valence-corrected chi connectivity index (χ3v) is 19.6. The number of halogens is 2. The van der Waals surface area contributed by atoms with Crippen molar-refractivity contribution in [1.82, 2.24) is 23.6 Å². The van der Waals surface area contributed by atoms with E-state index in [0.717, 1.165) is 105 Å². The molecule has 1 unspecified atom stereocenters. The van der Waals surface area contributed by atoms with Crippen molar-refractivity contribution in [1.29, 1.82) is 0 Å². The zero-order valence-corrected chi connectivity index (χ0v) is 69.3. The van der Waals surface area contributed by atoms with E-state index >= 15 is 0 Å². The molecule has 3 radical (unpaired) electrons. The van der Waals surface area contributed by atoms with Crippen molar-refractivity contribution in [3.05, 3.63) is 245 Å². The van der Waals surface area contributed by atoms with Crippen molar-refractivity contribution < 1.29 is 203 Å². The number of benzene rings is 7. The third kappa shape index (κ3) is 18.8. The molecule has 0 saturated heterocycles. The maximum Gasteiger partial charge on any atom is 1.00 e. The number of aliphatic hydroxyl groups excluding tert-OH is 1. The first-order valence-corrected chi connectivity index (χ1v) is 32.3. The van der Waals surface area contributed by atoms with E-state index in [2.05, 4.69) is 152 Å². The number of hydrogen-bond acceptors (Lipinski definition) is 10. The van der Waals surface area contributed by atoms with Crippen LogP contribution in [-0.4, -0.2) is 58.7 Å². The summed E-state index contributed by atoms with van der Waals surface area (Å²) in [5.74, 6) is 2.04. The number of aryl methyl sites for hydroxylation is 1. The van der Waals surface area contributed by atoms with Gasteiger partial charge in [-0.2, -0.15) is 13.5 Å². The van der Waals surface area contributed by atoms with Gasteiger partial charge in [0.05, 0.1) is 58.5 Å². The Morgan fingerprint density at radius 1 is 0.630 bits per heavy atom. The van der Waals surface area contributed by atoms with Gasteiger partial charge in [-0.15, -0.1) is 0 Å². The molecular weight excluding hydrogens is 1460 g/mol. The first-order valence-electron chi connectivity index (χ1n) is 30.1. The monoisotopic (exact) mass is 1530 g/mol. The molecule has 13 nitrogen and oxygen atoms in total. The predicted molar refractivity (Wildman–Crippen MR) is 356 cm³/mol. The van der Waals surface area contributed by atoms with Crippen LogP contribution in [0.5, 0.6) is 0 Å². The molecule has 0 bridgehead atoms. The molecule has 0 aliphatic heterocycles. The maximum atomic E-state index is 13.2. The van der Waals surface area contributed by atoms with Gasteiger partial charge in [0.1, 0.15) is 0 Å². The van der Waals surface area contributed by atoms with Crippen molar-refractivity contribution in [2.45, 2.75) is 113 Å². The summed E-state index contributed by atoms with van der Waals surface area (Å²) in [7, 11) is -3.61. The maximum absolute atomic E-state index is 13.2. The van der Waals surface area contributed by atoms with Crippen molar-refractivity contribution in [3.63, 3.8) is 0 Å². The summed E-state index contributed by atoms with van der Waals surface area (Å²) in [6.45, 7) is 1.75. The van der Waals surface area contributed by atoms with E-state index in [9.17, 15) is 18.3 Å². The second-order valence-electron chi connectivity index (χ2n) is 23.3. The van der Waals surface area contributed by atoms with E-state index in [0.29, 0.717) is 33.5 Å². The molecule has 4 heterocycles. The Hall–Kier alpha value is -3.07. The molecule has 1 atom stereocenters. The largest absolute Gasteiger partial charge is 1.00 e. The van der Waals surface area contributed by atoms with Crippen LogP contribution in [0.2, 0.25) is 10.0 Å². The molecule has 14 rings (SSSR count). The summed E-state index contributed by atoms with van der Waals surface area (Å²) in [4.78, 5) is 35.5. The molecule has 3 aliphatic rings. The topological polar surface area (TPSA) is 180 Å². The molecule has 0 spiro atoms. The van der Waals surface area contributed by atoms with Crippen LogP contribution in [0.15, 0.2) is 211 Å². The van der Waals surface area contributed by atoms with Gasteiger partial charge in [0.15, 0.2) is 5.78 Å². The number of ketones is 1. The number of carbonyl (C=O) groups excluding carboxylic acids is 2. The van der Waals surface area contributed by atoms with Gasteiger partial charge in [-0.25, -0.2) is 14.8 Å². The summed E-state index contributed by atoms with van der Waals surface area (Å²) >= 11 is 12.5. The van der Waals surface area contributed by atoms with Crippen LogP contribution in [0.4, 0.5) is 0 Å². The second-order valence-corrected chi connectivity index (χ2v) is 25.8. The van der Waals surface area contributed by atoms with Gasteiger partial charge in [0.2, 0.25) is 0 Å². The average Bonchev–Trinajstić information content (AvgIpc) is 1.53. The Morgan fingerprint density at radius 2 is 1.05 bits per heavy atom. The Kier molecular flexibility index (Phi) is 30.3. The molecule has 2 N–H and O–H groups in total. The van der Waals surface area contributed by atoms with E-state index in [1.54, 1.807) is 55.4 Å². The summed E-state index contributed by atoms with van der Waals surface area (Å²) < 4.78 is 28.6. The number of sulfonamides is 1. The van der Waals surface area contributed by atoms with E-state index < -0.39 is 16.1 Å². The number of rotatable bonds is 11. The zero-order valence-electron chi connectivity index (χ0n) is 54.5. The SMILES string of the molecule is Cc1ccc(S(=O)(=O)NN=C2CCC(c3cccc4ccccc34)CC2)cc1.O=C(c1cc(Cl)cc2cncn12)C1CCC(c2cccc3ccccc23)CC1.O=CO[O-].OC(c1cc(Cl)cc2cncn12)C1CCC(c2cccc3ccccc23)CC1.[B].[Cs+].[Cs+].[H-].[H-].[Na+]. The van der Waals surface area contributed by atoms with Crippen LogP contribution in [-0.2, 0) is 19.7 Å². The van der Waals surface area contributed by atoms with Crippen molar-refractivity contribution in [3.8, 4) is 0 Å². The molecule has 457 valence electrons. The molecule has 4 aromatic heterocycles. The summed E-state index contributed by atoms with van der Waals surface area (Å²) in [5, 5.41) is 32.9. The first kappa shape index (κ1) is 76.3. The minimum absolute atomic E-state index is 0. The van der Waals surface area contributed by atoms with Gasteiger partial charge >= 0.3 is 167 Å². The van der Waals surface area contributed by atoms with Gasteiger partial charge in [0, 0.05) is 30.1 Å². The van der Waals surface area contributed by atoms with Gasteiger partial charge in [-0.3, -0.25) is 14.0 Å². The number of hydrazone groups is 1. The van der Waals surface area contributed by atoms with E-state index in [1.807, 2.05) is 33.9 Å². The quantitative estimate of drug-likeness (QED) is 0.0460. The number of fused-ring (bicyclic) bond motifs is 5. The molecule has 3 fully saturated rings. The van der Waals surface area contributed by atoms with Gasteiger partial charge in [0.25, 0.3) is 16.5 Å². The summed E-state index contributed by atoms with van der Waals surface area (Å²) in [5.41, 5.74) is 9.48. The van der Waals surface area contributed by atoms with Gasteiger partial charge in [-0.1, -0.05) is 168 Å². The van der Waals surface area contributed by atoms with E-state index in [4.69, 9.17) is 33.3 Å². The molecule has 7 aromatic carbocycles. The van der Waals surface area contributed by atoms with Gasteiger partial charge in [-0.05, 0) is 193 Å².